The van der Waals surface area contributed by atoms with E-state index >= 15 is 0 Å². The Morgan fingerprint density at radius 2 is 1.69 bits per heavy atom. The first kappa shape index (κ1) is 12.5. The van der Waals surface area contributed by atoms with Crippen LogP contribution in [0.15, 0.2) is 47.4 Å². The highest BCUT2D eigenvalue weighted by Gasteiger charge is 2.01. The third kappa shape index (κ3) is 2.95. The fourth-order valence-corrected chi connectivity index (χ4v) is 2.21. The van der Waals surface area contributed by atoms with Crippen LogP contribution in [0, 0.1) is 12.3 Å². The summed E-state index contributed by atoms with van der Waals surface area (Å²) in [5.74, 6) is 2.25. The molecule has 1 atom stereocenters. The molecule has 0 heterocycles. The van der Waals surface area contributed by atoms with Gasteiger partial charge in [-0.1, -0.05) is 36.4 Å². The van der Waals surface area contributed by atoms with Crippen molar-refractivity contribution in [2.45, 2.75) is 11.8 Å². The molecule has 2 aromatic carbocycles. The van der Waals surface area contributed by atoms with E-state index in [1.165, 1.54) is 0 Å². The Labute approximate surface area is 99.0 Å². The van der Waals surface area contributed by atoms with Crippen LogP contribution in [0.1, 0.15) is 6.92 Å². The van der Waals surface area contributed by atoms with Gasteiger partial charge >= 0.3 is 0 Å². The van der Waals surface area contributed by atoms with Crippen molar-refractivity contribution in [2.24, 2.45) is 0 Å². The molecule has 0 radical (unpaired) electrons. The summed E-state index contributed by atoms with van der Waals surface area (Å²) < 4.78 is 11.4. The number of rotatable bonds is 1. The fourth-order valence-electron chi connectivity index (χ4n) is 1.45. The van der Waals surface area contributed by atoms with Gasteiger partial charge < -0.3 is 0 Å². The largest absolute Gasteiger partial charge is 0.255 e. The lowest BCUT2D eigenvalue weighted by atomic mass is 10.1. The van der Waals surface area contributed by atoms with Crippen LogP contribution in [-0.4, -0.2) is 10.5 Å². The molecule has 2 rings (SSSR count). The minimum atomic E-state index is -0.904. The number of hydrogen-bond acceptors (Lipinski definition) is 1. The lowest BCUT2D eigenvalue weighted by molar-refractivity contribution is 0.687. The summed E-state index contributed by atoms with van der Waals surface area (Å²) in [4.78, 5) is 0.915. The second-order valence-corrected chi connectivity index (χ2v) is 4.57. The first-order valence-electron chi connectivity index (χ1n) is 4.89. The van der Waals surface area contributed by atoms with Gasteiger partial charge in [0, 0.05) is 11.2 Å². The molecule has 2 aromatic rings. The minimum absolute atomic E-state index is 0.904. The van der Waals surface area contributed by atoms with Crippen LogP contribution in [-0.2, 0) is 10.8 Å². The van der Waals surface area contributed by atoms with E-state index < -0.39 is 10.8 Å². The average molecular weight is 230 g/mol. The van der Waals surface area contributed by atoms with Crippen molar-refractivity contribution in [3.63, 3.8) is 0 Å². The molecule has 0 bridgehead atoms. The molecule has 82 valence electrons. The van der Waals surface area contributed by atoms with Gasteiger partial charge in [0.05, 0.1) is 10.8 Å². The number of fused-ring (bicyclic) bond motifs is 1. The Kier molecular flexibility index (Phi) is 4.75. The highest BCUT2D eigenvalue weighted by atomic mass is 32.2. The zero-order chi connectivity index (χ0) is 12.0. The topological polar surface area (TPSA) is 17.1 Å². The average Bonchev–Trinajstić information content (AvgIpc) is 2.29. The van der Waals surface area contributed by atoms with Crippen LogP contribution in [0.25, 0.3) is 10.8 Å². The standard InChI is InChI=1S/C11H10OS.C3H4/c1-13(12)11-8-4-6-9-5-2-3-7-10(9)11;1-3-2/h2-8H,1H3;1H,2H3. The molecule has 0 amide bonds. The van der Waals surface area contributed by atoms with Gasteiger partial charge in [0.15, 0.2) is 0 Å². The molecular weight excluding hydrogens is 216 g/mol. The smallest absolute Gasteiger partial charge is 0.0504 e. The minimum Gasteiger partial charge on any atom is -0.255 e. The Bertz CT molecular complexity index is 532. The highest BCUT2D eigenvalue weighted by Crippen LogP contribution is 2.20. The van der Waals surface area contributed by atoms with E-state index in [1.807, 2.05) is 42.5 Å². The number of hydrogen-bond donors (Lipinski definition) is 0. The Morgan fingerprint density at radius 3 is 2.31 bits per heavy atom. The van der Waals surface area contributed by atoms with Crippen LogP contribution in [0.5, 0.6) is 0 Å². The van der Waals surface area contributed by atoms with Gasteiger partial charge in [-0.15, -0.1) is 12.3 Å². The number of terminal acetylenes is 1. The zero-order valence-corrected chi connectivity index (χ0v) is 10.3. The van der Waals surface area contributed by atoms with Crippen LogP contribution in [0.2, 0.25) is 0 Å². The van der Waals surface area contributed by atoms with Gasteiger partial charge in [-0.05, 0) is 23.8 Å². The molecule has 0 spiro atoms. The van der Waals surface area contributed by atoms with Crippen molar-refractivity contribution < 1.29 is 4.21 Å². The molecule has 0 N–H and O–H groups in total. The van der Waals surface area contributed by atoms with Gasteiger partial charge in [0.1, 0.15) is 0 Å². The van der Waals surface area contributed by atoms with E-state index in [0.717, 1.165) is 15.7 Å². The van der Waals surface area contributed by atoms with Crippen LogP contribution in [0.3, 0.4) is 0 Å². The summed E-state index contributed by atoms with van der Waals surface area (Å²) in [6.07, 6.45) is 6.31. The molecule has 16 heavy (non-hydrogen) atoms. The summed E-state index contributed by atoms with van der Waals surface area (Å²) in [6, 6.07) is 13.9. The van der Waals surface area contributed by atoms with Gasteiger partial charge in [0.2, 0.25) is 0 Å². The molecule has 1 nitrogen and oxygen atoms in total. The first-order chi connectivity index (χ1) is 7.70. The second-order valence-electron chi connectivity index (χ2n) is 3.22. The van der Waals surface area contributed by atoms with Crippen molar-refractivity contribution in [2.75, 3.05) is 6.26 Å². The van der Waals surface area contributed by atoms with Crippen molar-refractivity contribution in [1.29, 1.82) is 0 Å². The summed E-state index contributed by atoms with van der Waals surface area (Å²) >= 11 is 0. The van der Waals surface area contributed by atoms with Crippen molar-refractivity contribution in [3.05, 3.63) is 42.5 Å². The molecular formula is C14H14OS. The summed E-state index contributed by atoms with van der Waals surface area (Å²) in [5.41, 5.74) is 0. The predicted octanol–water partition coefficient (Wildman–Crippen LogP) is 3.22. The summed E-state index contributed by atoms with van der Waals surface area (Å²) in [6.45, 7) is 1.65. The molecule has 2 heteroatoms. The molecule has 0 fully saturated rings. The zero-order valence-electron chi connectivity index (χ0n) is 9.44. The van der Waals surface area contributed by atoms with Crippen LogP contribution in [0.4, 0.5) is 0 Å². The highest BCUT2D eigenvalue weighted by molar-refractivity contribution is 7.84. The Hall–Kier alpha value is -1.59. The van der Waals surface area contributed by atoms with Crippen LogP contribution >= 0.6 is 0 Å². The van der Waals surface area contributed by atoms with Gasteiger partial charge in [-0.3, -0.25) is 4.21 Å². The van der Waals surface area contributed by atoms with Crippen molar-refractivity contribution in [3.8, 4) is 12.3 Å². The summed E-state index contributed by atoms with van der Waals surface area (Å²) in [5, 5.41) is 2.24. The monoisotopic (exact) mass is 230 g/mol. The molecule has 0 aromatic heterocycles. The quantitative estimate of drug-likeness (QED) is 0.687. The van der Waals surface area contributed by atoms with E-state index in [9.17, 15) is 4.21 Å². The van der Waals surface area contributed by atoms with Crippen molar-refractivity contribution in [1.82, 2.24) is 0 Å². The van der Waals surface area contributed by atoms with E-state index in [0.29, 0.717) is 0 Å². The Balaban J connectivity index is 0.000000386. The first-order valence-corrected chi connectivity index (χ1v) is 6.45. The maximum Gasteiger partial charge on any atom is 0.0504 e. The molecule has 0 saturated carbocycles. The van der Waals surface area contributed by atoms with E-state index in [4.69, 9.17) is 0 Å². The maximum absolute atomic E-state index is 11.4. The SMILES string of the molecule is C#CC.CS(=O)c1cccc2ccccc12. The maximum atomic E-state index is 11.4. The molecule has 0 aliphatic heterocycles. The molecule has 0 saturated heterocycles. The third-order valence-corrected chi connectivity index (χ3v) is 3.03. The second kappa shape index (κ2) is 6.09. The van der Waals surface area contributed by atoms with Gasteiger partial charge in [0.25, 0.3) is 0 Å². The predicted molar refractivity (Wildman–Crippen MR) is 70.8 cm³/mol. The molecule has 0 aliphatic carbocycles. The van der Waals surface area contributed by atoms with E-state index in [1.54, 1.807) is 13.2 Å². The normalized spacial score (nSPS) is 11.1. The third-order valence-electron chi connectivity index (χ3n) is 2.06. The van der Waals surface area contributed by atoms with Crippen molar-refractivity contribution >= 4 is 21.6 Å². The molecule has 0 aliphatic rings. The lowest BCUT2D eigenvalue weighted by Crippen LogP contribution is -1.88. The Morgan fingerprint density at radius 1 is 1.12 bits per heavy atom. The summed E-state index contributed by atoms with van der Waals surface area (Å²) in [7, 11) is -0.904. The van der Waals surface area contributed by atoms with E-state index in [2.05, 4.69) is 12.3 Å². The molecule has 1 unspecified atom stereocenters. The van der Waals surface area contributed by atoms with Crippen LogP contribution < -0.4 is 0 Å². The number of benzene rings is 2. The lowest BCUT2D eigenvalue weighted by Gasteiger charge is -2.01. The van der Waals surface area contributed by atoms with Gasteiger partial charge in [-0.2, -0.15) is 0 Å². The van der Waals surface area contributed by atoms with Gasteiger partial charge in [-0.25, -0.2) is 0 Å². The fraction of sp³-hybridized carbons (Fsp3) is 0.143. The van der Waals surface area contributed by atoms with E-state index in [-0.39, 0.29) is 0 Å².